The Bertz CT molecular complexity index is 507. The maximum atomic E-state index is 10.5. The van der Waals surface area contributed by atoms with Gasteiger partial charge in [-0.25, -0.2) is 4.99 Å². The second kappa shape index (κ2) is 7.00. The fraction of sp³-hybridized carbons (Fsp3) is 0.250. The standard InChI is InChI=1S/C12H17N5O2/c13-11(14)17-12(15)16-9-6-2-1-4-8(9)5-3-7-10(18)19/h1-2,4,6H,3,5,7H2,(H,18,19)(H6,13,14,15,16,17). The van der Waals surface area contributed by atoms with Gasteiger partial charge in [0.05, 0.1) is 5.69 Å². The van der Waals surface area contributed by atoms with Crippen molar-refractivity contribution in [3.8, 4) is 0 Å². The zero-order valence-electron chi connectivity index (χ0n) is 10.4. The summed E-state index contributed by atoms with van der Waals surface area (Å²) in [5, 5.41) is 8.61. The molecule has 0 heterocycles. The lowest BCUT2D eigenvalue weighted by molar-refractivity contribution is -0.137. The highest BCUT2D eigenvalue weighted by Crippen LogP contribution is 2.20. The van der Waals surface area contributed by atoms with E-state index in [1.807, 2.05) is 18.2 Å². The molecule has 0 saturated carbocycles. The van der Waals surface area contributed by atoms with Crippen LogP contribution < -0.4 is 17.2 Å². The monoisotopic (exact) mass is 263 g/mol. The number of hydrogen-bond acceptors (Lipinski definition) is 2. The van der Waals surface area contributed by atoms with Crippen molar-refractivity contribution < 1.29 is 9.90 Å². The summed E-state index contributed by atoms with van der Waals surface area (Å²) in [5.41, 5.74) is 17.5. The highest BCUT2D eigenvalue weighted by molar-refractivity contribution is 5.93. The second-order valence-electron chi connectivity index (χ2n) is 3.88. The van der Waals surface area contributed by atoms with Crippen LogP contribution in [0.1, 0.15) is 18.4 Å². The Labute approximate surface area is 110 Å². The van der Waals surface area contributed by atoms with E-state index in [1.54, 1.807) is 6.07 Å². The van der Waals surface area contributed by atoms with Crippen LogP contribution in [0.4, 0.5) is 5.69 Å². The number of aliphatic imine (C=N–C) groups is 2. The number of carboxylic acids is 1. The highest BCUT2D eigenvalue weighted by atomic mass is 16.4. The minimum absolute atomic E-state index is 0.0364. The highest BCUT2D eigenvalue weighted by Gasteiger charge is 2.03. The third kappa shape index (κ3) is 5.53. The molecule has 0 spiro atoms. The van der Waals surface area contributed by atoms with Crippen molar-refractivity contribution in [2.45, 2.75) is 19.3 Å². The third-order valence-electron chi connectivity index (χ3n) is 2.31. The fourth-order valence-corrected chi connectivity index (χ4v) is 1.54. The lowest BCUT2D eigenvalue weighted by Crippen LogP contribution is -2.26. The number of para-hydroxylation sites is 1. The molecule has 1 rings (SSSR count). The largest absolute Gasteiger partial charge is 0.481 e. The molecule has 0 aliphatic heterocycles. The first kappa shape index (κ1) is 14.5. The molecule has 0 aliphatic rings. The molecule has 19 heavy (non-hydrogen) atoms. The maximum absolute atomic E-state index is 10.5. The average molecular weight is 263 g/mol. The molecule has 7 nitrogen and oxygen atoms in total. The fourth-order valence-electron chi connectivity index (χ4n) is 1.54. The summed E-state index contributed by atoms with van der Waals surface area (Å²) < 4.78 is 0. The number of aliphatic carboxylic acids is 1. The van der Waals surface area contributed by atoms with E-state index in [1.165, 1.54) is 0 Å². The molecular formula is C12H17N5O2. The van der Waals surface area contributed by atoms with Crippen LogP contribution in [0.5, 0.6) is 0 Å². The van der Waals surface area contributed by atoms with E-state index in [0.717, 1.165) is 5.56 Å². The van der Waals surface area contributed by atoms with Crippen LogP contribution in [0.2, 0.25) is 0 Å². The third-order valence-corrected chi connectivity index (χ3v) is 2.31. The molecule has 0 atom stereocenters. The van der Waals surface area contributed by atoms with Crippen molar-refractivity contribution in [3.05, 3.63) is 29.8 Å². The number of nitrogens with zero attached hydrogens (tertiary/aromatic N) is 2. The van der Waals surface area contributed by atoms with Gasteiger partial charge in [-0.1, -0.05) is 18.2 Å². The van der Waals surface area contributed by atoms with E-state index in [-0.39, 0.29) is 18.3 Å². The molecule has 0 bridgehead atoms. The SMILES string of the molecule is NC(N)=NC(N)=Nc1ccccc1CCCC(=O)O. The van der Waals surface area contributed by atoms with Crippen LogP contribution in [0.3, 0.4) is 0 Å². The number of guanidine groups is 2. The van der Waals surface area contributed by atoms with E-state index in [2.05, 4.69) is 9.98 Å². The van der Waals surface area contributed by atoms with Crippen LogP contribution in [0.15, 0.2) is 34.3 Å². The summed E-state index contributed by atoms with van der Waals surface area (Å²) in [5.74, 6) is -1.02. The zero-order valence-corrected chi connectivity index (χ0v) is 10.4. The van der Waals surface area contributed by atoms with E-state index in [9.17, 15) is 4.79 Å². The summed E-state index contributed by atoms with van der Waals surface area (Å²) in [6.07, 6.45) is 1.24. The topological polar surface area (TPSA) is 140 Å². The number of aryl methyl sites for hydroxylation is 1. The maximum Gasteiger partial charge on any atom is 0.303 e. The predicted octanol–water partition coefficient (Wildman–Crippen LogP) is 0.314. The summed E-state index contributed by atoms with van der Waals surface area (Å²) in [7, 11) is 0. The van der Waals surface area contributed by atoms with Crippen molar-refractivity contribution in [3.63, 3.8) is 0 Å². The number of benzene rings is 1. The molecule has 0 amide bonds. The van der Waals surface area contributed by atoms with Gasteiger partial charge in [0.15, 0.2) is 5.96 Å². The van der Waals surface area contributed by atoms with Gasteiger partial charge in [-0.05, 0) is 24.5 Å². The lowest BCUT2D eigenvalue weighted by atomic mass is 10.1. The predicted molar refractivity (Wildman–Crippen MR) is 74.1 cm³/mol. The Kier molecular flexibility index (Phi) is 5.34. The zero-order chi connectivity index (χ0) is 14.3. The van der Waals surface area contributed by atoms with E-state index in [0.29, 0.717) is 18.5 Å². The molecule has 7 heteroatoms. The van der Waals surface area contributed by atoms with Crippen molar-refractivity contribution in [2.24, 2.45) is 27.2 Å². The van der Waals surface area contributed by atoms with E-state index in [4.69, 9.17) is 22.3 Å². The molecule has 1 aromatic rings. The van der Waals surface area contributed by atoms with Crippen LogP contribution >= 0.6 is 0 Å². The Hall–Kier alpha value is -2.57. The summed E-state index contributed by atoms with van der Waals surface area (Å²) in [4.78, 5) is 18.2. The molecule has 0 aromatic heterocycles. The van der Waals surface area contributed by atoms with Gasteiger partial charge >= 0.3 is 5.97 Å². The lowest BCUT2D eigenvalue weighted by Gasteiger charge is -2.04. The number of carboxylic acid groups (broad SMARTS) is 1. The molecule has 7 N–H and O–H groups in total. The summed E-state index contributed by atoms with van der Waals surface area (Å²) >= 11 is 0. The Morgan fingerprint density at radius 1 is 1.21 bits per heavy atom. The van der Waals surface area contributed by atoms with E-state index < -0.39 is 5.97 Å². The molecule has 0 radical (unpaired) electrons. The molecular weight excluding hydrogens is 246 g/mol. The Morgan fingerprint density at radius 2 is 1.89 bits per heavy atom. The smallest absolute Gasteiger partial charge is 0.303 e. The van der Waals surface area contributed by atoms with Gasteiger partial charge < -0.3 is 22.3 Å². The van der Waals surface area contributed by atoms with Gasteiger partial charge in [-0.15, -0.1) is 0 Å². The van der Waals surface area contributed by atoms with Gasteiger partial charge in [0.25, 0.3) is 0 Å². The van der Waals surface area contributed by atoms with Crippen molar-refractivity contribution in [2.75, 3.05) is 0 Å². The second-order valence-corrected chi connectivity index (χ2v) is 3.88. The molecule has 1 aromatic carbocycles. The molecule has 0 fully saturated rings. The van der Waals surface area contributed by atoms with Gasteiger partial charge in [-0.2, -0.15) is 4.99 Å². The number of rotatable bonds is 5. The van der Waals surface area contributed by atoms with Gasteiger partial charge in [-0.3, -0.25) is 4.79 Å². The molecule has 0 unspecified atom stereocenters. The minimum Gasteiger partial charge on any atom is -0.481 e. The summed E-state index contributed by atoms with van der Waals surface area (Å²) in [6, 6.07) is 7.29. The Morgan fingerprint density at radius 3 is 2.53 bits per heavy atom. The number of hydrogen-bond donors (Lipinski definition) is 4. The van der Waals surface area contributed by atoms with Crippen molar-refractivity contribution in [1.29, 1.82) is 0 Å². The quantitative estimate of drug-likeness (QED) is 0.447. The van der Waals surface area contributed by atoms with Crippen LogP contribution in [-0.4, -0.2) is 23.0 Å². The van der Waals surface area contributed by atoms with Crippen LogP contribution in [0.25, 0.3) is 0 Å². The van der Waals surface area contributed by atoms with Crippen molar-refractivity contribution in [1.82, 2.24) is 0 Å². The van der Waals surface area contributed by atoms with E-state index >= 15 is 0 Å². The number of carbonyl (C=O) groups is 1. The Balaban J connectivity index is 2.84. The summed E-state index contributed by atoms with van der Waals surface area (Å²) in [6.45, 7) is 0. The number of nitrogens with two attached hydrogens (primary N) is 3. The molecule has 0 aliphatic carbocycles. The van der Waals surface area contributed by atoms with Crippen LogP contribution in [-0.2, 0) is 11.2 Å². The van der Waals surface area contributed by atoms with Crippen molar-refractivity contribution >= 4 is 23.6 Å². The molecule has 102 valence electrons. The average Bonchev–Trinajstić information content (AvgIpc) is 2.29. The normalized spacial score (nSPS) is 11.1. The van der Waals surface area contributed by atoms with Crippen LogP contribution in [0, 0.1) is 0 Å². The van der Waals surface area contributed by atoms with Gasteiger partial charge in [0, 0.05) is 6.42 Å². The van der Waals surface area contributed by atoms with Gasteiger partial charge in [0.2, 0.25) is 5.96 Å². The van der Waals surface area contributed by atoms with Gasteiger partial charge in [0.1, 0.15) is 0 Å². The molecule has 0 saturated heterocycles. The first-order valence-corrected chi connectivity index (χ1v) is 5.72. The first-order valence-electron chi connectivity index (χ1n) is 5.72. The first-order chi connectivity index (χ1) is 8.99. The minimum atomic E-state index is -0.819.